The summed E-state index contributed by atoms with van der Waals surface area (Å²) in [7, 11) is 0. The summed E-state index contributed by atoms with van der Waals surface area (Å²) in [6, 6.07) is 14.6. The third kappa shape index (κ3) is 2.28. The molecule has 0 radical (unpaired) electrons. The molecule has 0 saturated heterocycles. The predicted molar refractivity (Wildman–Crippen MR) is 82.3 cm³/mol. The van der Waals surface area contributed by atoms with E-state index in [4.69, 9.17) is 0 Å². The molecule has 1 aliphatic carbocycles. The van der Waals surface area contributed by atoms with Crippen molar-refractivity contribution in [3.63, 3.8) is 0 Å². The normalized spacial score (nSPS) is 13.4. The summed E-state index contributed by atoms with van der Waals surface area (Å²) in [5.41, 5.74) is 6.79. The highest BCUT2D eigenvalue weighted by atomic mass is 14.9. The van der Waals surface area contributed by atoms with Crippen LogP contribution < -0.4 is 5.32 Å². The van der Waals surface area contributed by atoms with Gasteiger partial charge < -0.3 is 5.32 Å². The lowest BCUT2D eigenvalue weighted by Gasteiger charge is -2.21. The summed E-state index contributed by atoms with van der Waals surface area (Å²) >= 11 is 0. The Morgan fingerprint density at radius 3 is 2.70 bits per heavy atom. The van der Waals surface area contributed by atoms with E-state index in [2.05, 4.69) is 29.6 Å². The Kier molecular flexibility index (Phi) is 3.43. The molecule has 2 heteroatoms. The van der Waals surface area contributed by atoms with Gasteiger partial charge in [0.2, 0.25) is 0 Å². The van der Waals surface area contributed by atoms with Crippen molar-refractivity contribution >= 4 is 11.4 Å². The fraction of sp³-hybridized carbons (Fsp3) is 0.278. The second-order valence-corrected chi connectivity index (χ2v) is 5.38. The maximum atomic E-state index is 9.27. The van der Waals surface area contributed by atoms with Crippen LogP contribution in [0.5, 0.6) is 0 Å². The Morgan fingerprint density at radius 2 is 1.85 bits per heavy atom. The van der Waals surface area contributed by atoms with Crippen molar-refractivity contribution in [2.45, 2.75) is 32.6 Å². The molecule has 0 heterocycles. The number of nitrogens with one attached hydrogen (secondary N) is 1. The SMILES string of the molecule is Cc1cccc(C#N)c1Nc1cccc2c1CCCC2. The van der Waals surface area contributed by atoms with E-state index in [0.717, 1.165) is 23.4 Å². The van der Waals surface area contributed by atoms with E-state index in [-0.39, 0.29) is 0 Å². The van der Waals surface area contributed by atoms with Crippen LogP contribution in [0.2, 0.25) is 0 Å². The number of nitrogens with zero attached hydrogens (tertiary/aromatic N) is 1. The van der Waals surface area contributed by atoms with Gasteiger partial charge in [-0.3, -0.25) is 0 Å². The number of rotatable bonds is 2. The first kappa shape index (κ1) is 12.7. The molecule has 100 valence electrons. The third-order valence-electron chi connectivity index (χ3n) is 4.05. The molecule has 20 heavy (non-hydrogen) atoms. The highest BCUT2D eigenvalue weighted by Crippen LogP contribution is 2.32. The van der Waals surface area contributed by atoms with Gasteiger partial charge in [0, 0.05) is 5.69 Å². The molecule has 0 atom stereocenters. The Hall–Kier alpha value is -2.27. The second-order valence-electron chi connectivity index (χ2n) is 5.38. The molecular weight excluding hydrogens is 244 g/mol. The maximum absolute atomic E-state index is 9.27. The van der Waals surface area contributed by atoms with Crippen LogP contribution >= 0.6 is 0 Å². The van der Waals surface area contributed by atoms with Crippen LogP contribution in [-0.2, 0) is 12.8 Å². The Bertz CT molecular complexity index is 680. The molecule has 0 bridgehead atoms. The number of hydrogen-bond acceptors (Lipinski definition) is 2. The first-order chi connectivity index (χ1) is 9.79. The molecular formula is C18H18N2. The monoisotopic (exact) mass is 262 g/mol. The van der Waals surface area contributed by atoms with Gasteiger partial charge in [-0.2, -0.15) is 5.26 Å². The minimum absolute atomic E-state index is 0.707. The Morgan fingerprint density at radius 1 is 1.05 bits per heavy atom. The fourth-order valence-corrected chi connectivity index (χ4v) is 2.96. The Labute approximate surface area is 120 Å². The van der Waals surface area contributed by atoms with Crippen LogP contribution in [0.1, 0.15) is 35.1 Å². The van der Waals surface area contributed by atoms with Gasteiger partial charge in [0.15, 0.2) is 0 Å². The lowest BCUT2D eigenvalue weighted by atomic mass is 9.90. The highest BCUT2D eigenvalue weighted by Gasteiger charge is 2.14. The minimum atomic E-state index is 0.707. The maximum Gasteiger partial charge on any atom is 0.101 e. The summed E-state index contributed by atoms with van der Waals surface area (Å²) < 4.78 is 0. The zero-order valence-electron chi connectivity index (χ0n) is 11.7. The fourth-order valence-electron chi connectivity index (χ4n) is 2.96. The van der Waals surface area contributed by atoms with Gasteiger partial charge in [0.25, 0.3) is 0 Å². The number of aryl methyl sites for hydroxylation is 2. The van der Waals surface area contributed by atoms with Gasteiger partial charge in [-0.15, -0.1) is 0 Å². The number of nitriles is 1. The number of benzene rings is 2. The molecule has 0 spiro atoms. The molecule has 0 unspecified atom stereocenters. The molecule has 2 nitrogen and oxygen atoms in total. The molecule has 2 aromatic rings. The standard InChI is InChI=1S/C18H18N2/c1-13-6-4-9-15(12-19)18(13)20-17-11-5-8-14-7-2-3-10-16(14)17/h4-6,8-9,11,20H,2-3,7,10H2,1H3. The van der Waals surface area contributed by atoms with Gasteiger partial charge in [-0.05, 0) is 61.4 Å². The summed E-state index contributed by atoms with van der Waals surface area (Å²) in [5, 5.41) is 12.8. The first-order valence-corrected chi connectivity index (χ1v) is 7.17. The van der Waals surface area contributed by atoms with Gasteiger partial charge in [-0.25, -0.2) is 0 Å². The van der Waals surface area contributed by atoms with E-state index in [0.29, 0.717) is 5.56 Å². The van der Waals surface area contributed by atoms with Gasteiger partial charge >= 0.3 is 0 Å². The average Bonchev–Trinajstić information content (AvgIpc) is 2.49. The molecule has 1 N–H and O–H groups in total. The molecule has 0 saturated carbocycles. The van der Waals surface area contributed by atoms with Crippen molar-refractivity contribution in [1.29, 1.82) is 5.26 Å². The van der Waals surface area contributed by atoms with E-state index in [1.165, 1.54) is 30.4 Å². The number of hydrogen-bond donors (Lipinski definition) is 1. The zero-order valence-corrected chi connectivity index (χ0v) is 11.7. The summed E-state index contributed by atoms with van der Waals surface area (Å²) in [6.07, 6.45) is 4.84. The van der Waals surface area contributed by atoms with Crippen molar-refractivity contribution < 1.29 is 0 Å². The second kappa shape index (κ2) is 5.38. The van der Waals surface area contributed by atoms with Crippen LogP contribution in [0.25, 0.3) is 0 Å². The van der Waals surface area contributed by atoms with Crippen LogP contribution in [0.4, 0.5) is 11.4 Å². The summed E-state index contributed by atoms with van der Waals surface area (Å²) in [4.78, 5) is 0. The zero-order chi connectivity index (χ0) is 13.9. The number of fused-ring (bicyclic) bond motifs is 1. The van der Waals surface area contributed by atoms with Gasteiger partial charge in [0.05, 0.1) is 11.3 Å². The largest absolute Gasteiger partial charge is 0.354 e. The van der Waals surface area contributed by atoms with Crippen molar-refractivity contribution in [3.05, 3.63) is 58.7 Å². The van der Waals surface area contributed by atoms with Gasteiger partial charge in [0.1, 0.15) is 6.07 Å². The molecule has 3 rings (SSSR count). The average molecular weight is 262 g/mol. The van der Waals surface area contributed by atoms with E-state index < -0.39 is 0 Å². The van der Waals surface area contributed by atoms with Crippen LogP contribution in [-0.4, -0.2) is 0 Å². The van der Waals surface area contributed by atoms with Crippen LogP contribution in [0.15, 0.2) is 36.4 Å². The van der Waals surface area contributed by atoms with E-state index in [1.54, 1.807) is 0 Å². The lowest BCUT2D eigenvalue weighted by molar-refractivity contribution is 0.687. The highest BCUT2D eigenvalue weighted by molar-refractivity contribution is 5.72. The Balaban J connectivity index is 2.03. The third-order valence-corrected chi connectivity index (χ3v) is 4.05. The van der Waals surface area contributed by atoms with Crippen molar-refractivity contribution in [2.75, 3.05) is 5.32 Å². The van der Waals surface area contributed by atoms with Crippen LogP contribution in [0.3, 0.4) is 0 Å². The van der Waals surface area contributed by atoms with Crippen molar-refractivity contribution in [3.8, 4) is 6.07 Å². The first-order valence-electron chi connectivity index (χ1n) is 7.17. The molecule has 0 amide bonds. The lowest BCUT2D eigenvalue weighted by Crippen LogP contribution is -2.07. The quantitative estimate of drug-likeness (QED) is 0.865. The topological polar surface area (TPSA) is 35.8 Å². The minimum Gasteiger partial charge on any atom is -0.354 e. The molecule has 1 aliphatic rings. The van der Waals surface area contributed by atoms with E-state index >= 15 is 0 Å². The van der Waals surface area contributed by atoms with Crippen molar-refractivity contribution in [2.24, 2.45) is 0 Å². The van der Waals surface area contributed by atoms with Gasteiger partial charge in [-0.1, -0.05) is 24.3 Å². The van der Waals surface area contributed by atoms with Crippen LogP contribution in [0, 0.1) is 18.3 Å². The molecule has 0 aliphatic heterocycles. The van der Waals surface area contributed by atoms with E-state index in [9.17, 15) is 5.26 Å². The van der Waals surface area contributed by atoms with E-state index in [1.807, 2.05) is 25.1 Å². The molecule has 2 aromatic carbocycles. The predicted octanol–water partition coefficient (Wildman–Crippen LogP) is 4.49. The summed E-state index contributed by atoms with van der Waals surface area (Å²) in [6.45, 7) is 2.04. The molecule has 0 aromatic heterocycles. The number of anilines is 2. The smallest absolute Gasteiger partial charge is 0.101 e. The molecule has 0 fully saturated rings. The number of para-hydroxylation sites is 1. The van der Waals surface area contributed by atoms with Crippen molar-refractivity contribution in [1.82, 2.24) is 0 Å². The summed E-state index contributed by atoms with van der Waals surface area (Å²) in [5.74, 6) is 0.